The van der Waals surface area contributed by atoms with Gasteiger partial charge in [0, 0.05) is 0 Å². The molecule has 0 saturated heterocycles. The zero-order valence-corrected chi connectivity index (χ0v) is 10.7. The van der Waals surface area contributed by atoms with Crippen molar-refractivity contribution in [3.8, 4) is 0 Å². The van der Waals surface area contributed by atoms with E-state index in [1.54, 1.807) is 6.07 Å². The van der Waals surface area contributed by atoms with Gasteiger partial charge in [0.25, 0.3) is 0 Å². The molecule has 3 heteroatoms. The molecule has 0 aliphatic carbocycles. The molecule has 0 radical (unpaired) electrons. The minimum absolute atomic E-state index is 0.575. The third-order valence-electron chi connectivity index (χ3n) is 3.04. The Morgan fingerprint density at radius 1 is 0.842 bits per heavy atom. The number of alkyl halides is 3. The van der Waals surface area contributed by atoms with E-state index in [9.17, 15) is 13.2 Å². The fraction of sp³-hybridized carbons (Fsp3) is 0.250. The molecule has 0 amide bonds. The normalized spacial score (nSPS) is 11.6. The van der Waals surface area contributed by atoms with Crippen LogP contribution in [0.3, 0.4) is 0 Å². The molecular weight excluding hydrogens is 249 g/mol. The molecule has 0 spiro atoms. The molecule has 19 heavy (non-hydrogen) atoms. The summed E-state index contributed by atoms with van der Waals surface area (Å²) in [5.74, 6) is 0. The summed E-state index contributed by atoms with van der Waals surface area (Å²) >= 11 is 0. The van der Waals surface area contributed by atoms with Gasteiger partial charge in [-0.25, -0.2) is 0 Å². The Labute approximate surface area is 110 Å². The largest absolute Gasteiger partial charge is 0.416 e. The van der Waals surface area contributed by atoms with Gasteiger partial charge in [0.2, 0.25) is 0 Å². The maximum absolute atomic E-state index is 12.6. The molecule has 0 fully saturated rings. The van der Waals surface area contributed by atoms with E-state index in [1.807, 2.05) is 25.1 Å². The topological polar surface area (TPSA) is 0 Å². The standard InChI is InChI=1S/C16H15F3/c1-12-4-2-5-13(10-12)8-9-14-6-3-7-15(11-14)16(17,18)19/h2-7,10-11H,8-9H2,1H3. The molecule has 0 atom stereocenters. The summed E-state index contributed by atoms with van der Waals surface area (Å²) in [7, 11) is 0. The maximum atomic E-state index is 12.6. The third kappa shape index (κ3) is 3.85. The molecule has 0 N–H and O–H groups in total. The summed E-state index contributed by atoms with van der Waals surface area (Å²) < 4.78 is 37.8. The fourth-order valence-corrected chi connectivity index (χ4v) is 2.06. The van der Waals surface area contributed by atoms with Crippen LogP contribution in [0.25, 0.3) is 0 Å². The Morgan fingerprint density at radius 2 is 1.42 bits per heavy atom. The van der Waals surface area contributed by atoms with Crippen molar-refractivity contribution >= 4 is 0 Å². The first-order valence-electron chi connectivity index (χ1n) is 6.17. The monoisotopic (exact) mass is 264 g/mol. The lowest BCUT2D eigenvalue weighted by molar-refractivity contribution is -0.137. The SMILES string of the molecule is Cc1cccc(CCc2cccc(C(F)(F)F)c2)c1. The van der Waals surface area contributed by atoms with Gasteiger partial charge in [0.05, 0.1) is 5.56 Å². The van der Waals surface area contributed by atoms with Gasteiger partial charge in [0.15, 0.2) is 0 Å². The molecule has 0 aromatic heterocycles. The van der Waals surface area contributed by atoms with E-state index in [4.69, 9.17) is 0 Å². The van der Waals surface area contributed by atoms with E-state index in [-0.39, 0.29) is 0 Å². The van der Waals surface area contributed by atoms with Gasteiger partial charge >= 0.3 is 6.18 Å². The molecule has 0 saturated carbocycles. The lowest BCUT2D eigenvalue weighted by atomic mass is 10.0. The lowest BCUT2D eigenvalue weighted by Gasteiger charge is -2.09. The van der Waals surface area contributed by atoms with E-state index < -0.39 is 11.7 Å². The van der Waals surface area contributed by atoms with Crippen LogP contribution in [0.15, 0.2) is 48.5 Å². The highest BCUT2D eigenvalue weighted by Crippen LogP contribution is 2.29. The molecule has 0 aliphatic rings. The average molecular weight is 264 g/mol. The first-order chi connectivity index (χ1) is 8.95. The molecule has 2 aromatic carbocycles. The molecule has 0 nitrogen and oxygen atoms in total. The van der Waals surface area contributed by atoms with Crippen molar-refractivity contribution < 1.29 is 13.2 Å². The van der Waals surface area contributed by atoms with Gasteiger partial charge in [0.1, 0.15) is 0 Å². The van der Waals surface area contributed by atoms with Crippen LogP contribution in [0.4, 0.5) is 13.2 Å². The van der Waals surface area contributed by atoms with E-state index >= 15 is 0 Å². The van der Waals surface area contributed by atoms with Crippen molar-refractivity contribution in [1.82, 2.24) is 0 Å². The summed E-state index contributed by atoms with van der Waals surface area (Å²) in [6, 6.07) is 13.6. The van der Waals surface area contributed by atoms with Crippen LogP contribution in [0, 0.1) is 6.92 Å². The Morgan fingerprint density at radius 3 is 2.00 bits per heavy atom. The van der Waals surface area contributed by atoms with Gasteiger partial charge in [-0.3, -0.25) is 0 Å². The van der Waals surface area contributed by atoms with Crippen molar-refractivity contribution in [3.05, 3.63) is 70.8 Å². The number of hydrogen-bond donors (Lipinski definition) is 0. The van der Waals surface area contributed by atoms with Crippen molar-refractivity contribution in [2.24, 2.45) is 0 Å². The van der Waals surface area contributed by atoms with Gasteiger partial charge in [-0.2, -0.15) is 13.2 Å². The highest BCUT2D eigenvalue weighted by atomic mass is 19.4. The predicted octanol–water partition coefficient (Wildman–Crippen LogP) is 4.80. The van der Waals surface area contributed by atoms with Crippen molar-refractivity contribution in [1.29, 1.82) is 0 Å². The number of hydrogen-bond acceptors (Lipinski definition) is 0. The summed E-state index contributed by atoms with van der Waals surface area (Å²) in [6.07, 6.45) is -2.89. The number of rotatable bonds is 3. The van der Waals surface area contributed by atoms with Gasteiger partial charge < -0.3 is 0 Å². The van der Waals surface area contributed by atoms with Crippen molar-refractivity contribution in [2.75, 3.05) is 0 Å². The van der Waals surface area contributed by atoms with E-state index in [2.05, 4.69) is 6.07 Å². The smallest absolute Gasteiger partial charge is 0.166 e. The van der Waals surface area contributed by atoms with Crippen molar-refractivity contribution in [2.45, 2.75) is 25.9 Å². The quantitative estimate of drug-likeness (QED) is 0.747. The maximum Gasteiger partial charge on any atom is 0.416 e. The minimum atomic E-state index is -4.26. The Hall–Kier alpha value is -1.77. The second-order valence-corrected chi connectivity index (χ2v) is 4.69. The average Bonchev–Trinajstić information content (AvgIpc) is 2.36. The molecular formula is C16H15F3. The van der Waals surface area contributed by atoms with Gasteiger partial charge in [-0.1, -0.05) is 48.0 Å². The zero-order chi connectivity index (χ0) is 13.9. The molecule has 0 unspecified atom stereocenters. The second-order valence-electron chi connectivity index (χ2n) is 4.69. The first kappa shape index (κ1) is 13.7. The van der Waals surface area contributed by atoms with Crippen LogP contribution < -0.4 is 0 Å². The highest BCUT2D eigenvalue weighted by molar-refractivity contribution is 5.28. The first-order valence-corrected chi connectivity index (χ1v) is 6.17. The minimum Gasteiger partial charge on any atom is -0.166 e. The molecule has 0 bridgehead atoms. The summed E-state index contributed by atoms with van der Waals surface area (Å²) in [5.41, 5.74) is 2.46. The number of benzene rings is 2. The van der Waals surface area contributed by atoms with Crippen LogP contribution in [-0.2, 0) is 19.0 Å². The lowest BCUT2D eigenvalue weighted by Crippen LogP contribution is -2.05. The Balaban J connectivity index is 2.08. The number of halogens is 3. The second kappa shape index (κ2) is 5.47. The van der Waals surface area contributed by atoms with E-state index in [0.717, 1.165) is 23.6 Å². The Bertz CT molecular complexity index is 556. The highest BCUT2D eigenvalue weighted by Gasteiger charge is 2.30. The van der Waals surface area contributed by atoms with Gasteiger partial charge in [-0.05, 0) is 37.0 Å². The van der Waals surface area contributed by atoms with Crippen LogP contribution in [0.2, 0.25) is 0 Å². The van der Waals surface area contributed by atoms with Crippen LogP contribution in [0.5, 0.6) is 0 Å². The Kier molecular flexibility index (Phi) is 3.93. The summed E-state index contributed by atoms with van der Waals surface area (Å²) in [4.78, 5) is 0. The fourth-order valence-electron chi connectivity index (χ4n) is 2.06. The number of aryl methyl sites for hydroxylation is 3. The zero-order valence-electron chi connectivity index (χ0n) is 10.7. The van der Waals surface area contributed by atoms with E-state index in [0.29, 0.717) is 6.42 Å². The molecule has 100 valence electrons. The van der Waals surface area contributed by atoms with Crippen LogP contribution in [-0.4, -0.2) is 0 Å². The predicted molar refractivity (Wildman–Crippen MR) is 70.0 cm³/mol. The van der Waals surface area contributed by atoms with Gasteiger partial charge in [-0.15, -0.1) is 0 Å². The molecule has 0 aliphatic heterocycles. The van der Waals surface area contributed by atoms with E-state index in [1.165, 1.54) is 17.7 Å². The van der Waals surface area contributed by atoms with Crippen LogP contribution >= 0.6 is 0 Å². The summed E-state index contributed by atoms with van der Waals surface area (Å²) in [5, 5.41) is 0. The summed E-state index contributed by atoms with van der Waals surface area (Å²) in [6.45, 7) is 2.01. The third-order valence-corrected chi connectivity index (χ3v) is 3.04. The molecule has 0 heterocycles. The van der Waals surface area contributed by atoms with Crippen molar-refractivity contribution in [3.63, 3.8) is 0 Å². The molecule has 2 aromatic rings. The van der Waals surface area contributed by atoms with Crippen LogP contribution in [0.1, 0.15) is 22.3 Å². The molecule has 2 rings (SSSR count).